The first kappa shape index (κ1) is 15.7. The summed E-state index contributed by atoms with van der Waals surface area (Å²) in [5, 5.41) is 3.26. The van der Waals surface area contributed by atoms with Gasteiger partial charge in [0.1, 0.15) is 0 Å². The Bertz CT molecular complexity index is 612. The lowest BCUT2D eigenvalue weighted by Crippen LogP contribution is -2.38. The van der Waals surface area contributed by atoms with E-state index in [9.17, 15) is 4.79 Å². The van der Waals surface area contributed by atoms with Crippen molar-refractivity contribution in [2.75, 3.05) is 0 Å². The van der Waals surface area contributed by atoms with Gasteiger partial charge in [0, 0.05) is 24.9 Å². The summed E-state index contributed by atoms with van der Waals surface area (Å²) in [5.41, 5.74) is 2.54. The molecule has 3 heteroatoms. The molecule has 1 aliphatic carbocycles. The number of amides is 1. The van der Waals surface area contributed by atoms with Gasteiger partial charge < -0.3 is 5.32 Å². The van der Waals surface area contributed by atoms with Gasteiger partial charge in [-0.15, -0.1) is 0 Å². The molecule has 1 aromatic carbocycles. The molecular formula is C20H24N2O. The van der Waals surface area contributed by atoms with E-state index in [1.165, 1.54) is 24.0 Å². The van der Waals surface area contributed by atoms with E-state index in [0.717, 1.165) is 19.3 Å². The summed E-state index contributed by atoms with van der Waals surface area (Å²) in [6.07, 6.45) is 9.49. The van der Waals surface area contributed by atoms with Gasteiger partial charge in [-0.1, -0.05) is 36.8 Å². The minimum Gasteiger partial charge on any atom is -0.353 e. The molecule has 1 aromatic heterocycles. The number of nitrogens with zero attached hydrogens (tertiary/aromatic N) is 1. The Kier molecular flexibility index (Phi) is 5.41. The molecule has 0 aliphatic heterocycles. The average molecular weight is 308 g/mol. The quantitative estimate of drug-likeness (QED) is 0.887. The molecule has 1 aliphatic rings. The van der Waals surface area contributed by atoms with Crippen molar-refractivity contribution >= 4 is 5.91 Å². The summed E-state index contributed by atoms with van der Waals surface area (Å²) in [5.74, 6) is 0.744. The molecule has 120 valence electrons. The van der Waals surface area contributed by atoms with Gasteiger partial charge in [-0.3, -0.25) is 9.78 Å². The van der Waals surface area contributed by atoms with E-state index in [0.29, 0.717) is 18.4 Å². The van der Waals surface area contributed by atoms with E-state index in [-0.39, 0.29) is 5.91 Å². The van der Waals surface area contributed by atoms with Crippen LogP contribution in [0.1, 0.15) is 36.8 Å². The normalized spacial score (nSPS) is 20.3. The van der Waals surface area contributed by atoms with Gasteiger partial charge in [0.05, 0.1) is 0 Å². The van der Waals surface area contributed by atoms with Crippen molar-refractivity contribution in [2.24, 2.45) is 5.92 Å². The SMILES string of the molecule is O=C(CCc1ccncc1)N[C@H]1CCC[C@H]1Cc1ccccc1. The minimum atomic E-state index is 0.173. The number of benzene rings is 1. The monoisotopic (exact) mass is 308 g/mol. The molecule has 1 N–H and O–H groups in total. The minimum absolute atomic E-state index is 0.173. The first-order chi connectivity index (χ1) is 11.3. The van der Waals surface area contributed by atoms with Crippen LogP contribution in [0.2, 0.25) is 0 Å². The molecule has 1 fully saturated rings. The van der Waals surface area contributed by atoms with E-state index in [1.54, 1.807) is 12.4 Å². The van der Waals surface area contributed by atoms with Gasteiger partial charge in [-0.25, -0.2) is 0 Å². The van der Waals surface area contributed by atoms with Crippen LogP contribution in [0.5, 0.6) is 0 Å². The van der Waals surface area contributed by atoms with Crippen molar-refractivity contribution in [1.82, 2.24) is 10.3 Å². The summed E-state index contributed by atoms with van der Waals surface area (Å²) in [4.78, 5) is 16.2. The first-order valence-electron chi connectivity index (χ1n) is 8.53. The zero-order chi connectivity index (χ0) is 15.9. The van der Waals surface area contributed by atoms with Crippen molar-refractivity contribution in [3.05, 3.63) is 66.0 Å². The van der Waals surface area contributed by atoms with E-state index >= 15 is 0 Å². The number of pyridine rings is 1. The second-order valence-corrected chi connectivity index (χ2v) is 6.41. The predicted octanol–water partition coefficient (Wildman–Crippen LogP) is 3.54. The van der Waals surface area contributed by atoms with Crippen LogP contribution in [-0.2, 0) is 17.6 Å². The summed E-state index contributed by atoms with van der Waals surface area (Å²) in [6.45, 7) is 0. The largest absolute Gasteiger partial charge is 0.353 e. The van der Waals surface area contributed by atoms with E-state index in [1.807, 2.05) is 12.1 Å². The molecule has 23 heavy (non-hydrogen) atoms. The molecule has 0 unspecified atom stereocenters. The number of rotatable bonds is 6. The fraction of sp³-hybridized carbons (Fsp3) is 0.400. The number of aryl methyl sites for hydroxylation is 1. The molecule has 2 aromatic rings. The topological polar surface area (TPSA) is 42.0 Å². The van der Waals surface area contributed by atoms with Crippen LogP contribution in [0, 0.1) is 5.92 Å². The molecule has 1 amide bonds. The molecule has 0 bridgehead atoms. The number of hydrogen-bond acceptors (Lipinski definition) is 2. The molecule has 0 spiro atoms. The van der Waals surface area contributed by atoms with Gasteiger partial charge in [0.2, 0.25) is 5.91 Å². The lowest BCUT2D eigenvalue weighted by Gasteiger charge is -2.21. The Balaban J connectivity index is 1.49. The van der Waals surface area contributed by atoms with Crippen LogP contribution >= 0.6 is 0 Å². The number of carbonyl (C=O) groups excluding carboxylic acids is 1. The maximum atomic E-state index is 12.2. The molecule has 0 radical (unpaired) electrons. The van der Waals surface area contributed by atoms with Crippen LogP contribution < -0.4 is 5.32 Å². The molecule has 3 rings (SSSR count). The molecule has 3 nitrogen and oxygen atoms in total. The summed E-state index contributed by atoms with van der Waals surface area (Å²) in [7, 11) is 0. The van der Waals surface area contributed by atoms with E-state index in [4.69, 9.17) is 0 Å². The van der Waals surface area contributed by atoms with Gasteiger partial charge in [0.15, 0.2) is 0 Å². The zero-order valence-electron chi connectivity index (χ0n) is 13.4. The second-order valence-electron chi connectivity index (χ2n) is 6.41. The van der Waals surface area contributed by atoms with Crippen LogP contribution in [-0.4, -0.2) is 16.9 Å². The third-order valence-electron chi connectivity index (χ3n) is 4.74. The smallest absolute Gasteiger partial charge is 0.220 e. The van der Waals surface area contributed by atoms with E-state index < -0.39 is 0 Å². The number of carbonyl (C=O) groups is 1. The number of nitrogens with one attached hydrogen (secondary N) is 1. The third kappa shape index (κ3) is 4.65. The third-order valence-corrected chi connectivity index (χ3v) is 4.74. The van der Waals surface area contributed by atoms with Crippen LogP contribution in [0.15, 0.2) is 54.9 Å². The summed E-state index contributed by atoms with van der Waals surface area (Å²) >= 11 is 0. The Morgan fingerprint density at radius 2 is 1.83 bits per heavy atom. The van der Waals surface area contributed by atoms with Gasteiger partial charge in [-0.2, -0.15) is 0 Å². The van der Waals surface area contributed by atoms with Crippen molar-refractivity contribution in [3.8, 4) is 0 Å². The van der Waals surface area contributed by atoms with E-state index in [2.05, 4.69) is 40.6 Å². The van der Waals surface area contributed by atoms with Crippen molar-refractivity contribution in [1.29, 1.82) is 0 Å². The fourth-order valence-electron chi connectivity index (χ4n) is 3.47. The summed E-state index contributed by atoms with van der Waals surface area (Å²) in [6, 6.07) is 14.9. The Morgan fingerprint density at radius 3 is 2.61 bits per heavy atom. The highest BCUT2D eigenvalue weighted by Crippen LogP contribution is 2.29. The highest BCUT2D eigenvalue weighted by atomic mass is 16.1. The van der Waals surface area contributed by atoms with Crippen molar-refractivity contribution in [2.45, 2.75) is 44.6 Å². The Labute approximate surface area is 138 Å². The Morgan fingerprint density at radius 1 is 1.04 bits per heavy atom. The lowest BCUT2D eigenvalue weighted by molar-refractivity contribution is -0.122. The van der Waals surface area contributed by atoms with Crippen molar-refractivity contribution in [3.63, 3.8) is 0 Å². The van der Waals surface area contributed by atoms with Crippen LogP contribution in [0.3, 0.4) is 0 Å². The van der Waals surface area contributed by atoms with Crippen LogP contribution in [0.4, 0.5) is 0 Å². The second kappa shape index (κ2) is 7.91. The molecular weight excluding hydrogens is 284 g/mol. The predicted molar refractivity (Wildman–Crippen MR) is 92.0 cm³/mol. The average Bonchev–Trinajstić information content (AvgIpc) is 3.02. The van der Waals surface area contributed by atoms with Gasteiger partial charge in [-0.05, 0) is 54.9 Å². The standard InChI is InChI=1S/C20H24N2O/c23-20(10-9-16-11-13-21-14-12-16)22-19-8-4-7-18(19)15-17-5-2-1-3-6-17/h1-3,5-6,11-14,18-19H,4,7-10,15H2,(H,22,23)/t18-,19-/m0/s1. The Hall–Kier alpha value is -2.16. The maximum Gasteiger partial charge on any atom is 0.220 e. The molecule has 2 atom stereocenters. The van der Waals surface area contributed by atoms with Gasteiger partial charge in [0.25, 0.3) is 0 Å². The highest BCUT2D eigenvalue weighted by molar-refractivity contribution is 5.76. The molecule has 1 heterocycles. The fourth-order valence-corrected chi connectivity index (χ4v) is 3.47. The zero-order valence-corrected chi connectivity index (χ0v) is 13.4. The highest BCUT2D eigenvalue weighted by Gasteiger charge is 2.28. The summed E-state index contributed by atoms with van der Waals surface area (Å²) < 4.78 is 0. The molecule has 1 saturated carbocycles. The van der Waals surface area contributed by atoms with Crippen LogP contribution in [0.25, 0.3) is 0 Å². The number of hydrogen-bond donors (Lipinski definition) is 1. The molecule has 0 saturated heterocycles. The first-order valence-corrected chi connectivity index (χ1v) is 8.53. The number of aromatic nitrogens is 1. The maximum absolute atomic E-state index is 12.2. The van der Waals surface area contributed by atoms with Gasteiger partial charge >= 0.3 is 0 Å². The lowest BCUT2D eigenvalue weighted by atomic mass is 9.94. The van der Waals surface area contributed by atoms with Crippen molar-refractivity contribution < 1.29 is 4.79 Å².